The van der Waals surface area contributed by atoms with Gasteiger partial charge in [0.15, 0.2) is 0 Å². The summed E-state index contributed by atoms with van der Waals surface area (Å²) in [5, 5.41) is 5.03. The minimum Gasteiger partial charge on any atom is -0.310 e. The molecule has 0 N–H and O–H groups in total. The van der Waals surface area contributed by atoms with Crippen molar-refractivity contribution in [3.8, 4) is 16.8 Å². The Morgan fingerprint density at radius 1 is 0.357 bits per heavy atom. The highest BCUT2D eigenvalue weighted by Crippen LogP contribution is 2.39. The fourth-order valence-electron chi connectivity index (χ4n) is 6.19. The van der Waals surface area contributed by atoms with Crippen LogP contribution in [0.2, 0.25) is 0 Å². The van der Waals surface area contributed by atoms with Crippen LogP contribution in [0.5, 0.6) is 0 Å². The van der Waals surface area contributed by atoms with E-state index in [9.17, 15) is 0 Å². The minimum atomic E-state index is 1.11. The third-order valence-corrected chi connectivity index (χ3v) is 8.13. The van der Waals surface area contributed by atoms with Crippen LogP contribution in [0.4, 0.5) is 17.1 Å². The average molecular weight is 537 g/mol. The Morgan fingerprint density at radius 2 is 0.929 bits per heavy atom. The quantitative estimate of drug-likeness (QED) is 0.212. The van der Waals surface area contributed by atoms with Gasteiger partial charge in [-0.25, -0.2) is 0 Å². The maximum Gasteiger partial charge on any atom is 0.0541 e. The van der Waals surface area contributed by atoms with Gasteiger partial charge >= 0.3 is 0 Å². The van der Waals surface area contributed by atoms with Crippen LogP contribution in [0.15, 0.2) is 170 Å². The summed E-state index contributed by atoms with van der Waals surface area (Å²) in [7, 11) is 0. The number of benzene rings is 7. The van der Waals surface area contributed by atoms with E-state index in [4.69, 9.17) is 0 Å². The largest absolute Gasteiger partial charge is 0.310 e. The highest BCUT2D eigenvalue weighted by molar-refractivity contribution is 6.09. The van der Waals surface area contributed by atoms with E-state index in [1.165, 1.54) is 43.7 Å². The minimum absolute atomic E-state index is 1.11. The van der Waals surface area contributed by atoms with Gasteiger partial charge in [0.1, 0.15) is 0 Å². The zero-order chi connectivity index (χ0) is 27.9. The van der Waals surface area contributed by atoms with Crippen LogP contribution < -0.4 is 4.90 Å². The Bertz CT molecular complexity index is 2150. The lowest BCUT2D eigenvalue weighted by Gasteiger charge is -2.26. The summed E-state index contributed by atoms with van der Waals surface area (Å²) in [4.78, 5) is 2.35. The molecule has 2 heteroatoms. The van der Waals surface area contributed by atoms with Crippen molar-refractivity contribution in [2.75, 3.05) is 4.90 Å². The molecule has 0 amide bonds. The fourth-order valence-corrected chi connectivity index (χ4v) is 6.19. The van der Waals surface area contributed by atoms with Gasteiger partial charge in [-0.1, -0.05) is 109 Å². The van der Waals surface area contributed by atoms with Crippen molar-refractivity contribution < 1.29 is 0 Å². The molecule has 0 aliphatic rings. The van der Waals surface area contributed by atoms with E-state index in [0.717, 1.165) is 22.7 Å². The average Bonchev–Trinajstić information content (AvgIpc) is 3.40. The Morgan fingerprint density at radius 3 is 1.69 bits per heavy atom. The second-order valence-electron chi connectivity index (χ2n) is 10.7. The highest BCUT2D eigenvalue weighted by atomic mass is 15.1. The first-order chi connectivity index (χ1) is 20.8. The number of nitrogens with zero attached hydrogens (tertiary/aromatic N) is 2. The number of para-hydroxylation sites is 3. The van der Waals surface area contributed by atoms with Gasteiger partial charge in [0.25, 0.3) is 0 Å². The Hall–Kier alpha value is -5.60. The SMILES string of the molecule is c1ccc(N(c2cccc(-c3ccc4ccccc4c3)c2)c2cccc(-n3c4ccccc4c4ccccc43)c2)cc1. The van der Waals surface area contributed by atoms with Gasteiger partial charge in [0.05, 0.1) is 11.0 Å². The summed E-state index contributed by atoms with van der Waals surface area (Å²) >= 11 is 0. The molecule has 0 saturated carbocycles. The van der Waals surface area contributed by atoms with E-state index in [1.54, 1.807) is 0 Å². The lowest BCUT2D eigenvalue weighted by Crippen LogP contribution is -2.10. The summed E-state index contributed by atoms with van der Waals surface area (Å²) in [6.45, 7) is 0. The van der Waals surface area contributed by atoms with Gasteiger partial charge < -0.3 is 9.47 Å². The normalized spacial score (nSPS) is 11.3. The third-order valence-electron chi connectivity index (χ3n) is 8.13. The maximum atomic E-state index is 2.38. The van der Waals surface area contributed by atoms with Crippen LogP contribution in [-0.2, 0) is 0 Å². The van der Waals surface area contributed by atoms with E-state index in [2.05, 4.69) is 179 Å². The predicted molar refractivity (Wildman–Crippen MR) is 178 cm³/mol. The second kappa shape index (κ2) is 10.1. The van der Waals surface area contributed by atoms with Crippen molar-refractivity contribution in [3.63, 3.8) is 0 Å². The standard InChI is InChI=1S/C40H28N2/c1-2-15-33(16-3-1)41(34-17-10-14-31(27-34)32-25-24-29-12-4-5-13-30(29)26-32)35-18-11-19-36(28-35)42-39-22-8-6-20-37(39)38-21-7-9-23-40(38)42/h1-28H. The molecule has 0 fully saturated rings. The number of hydrogen-bond acceptors (Lipinski definition) is 1. The molecule has 0 aliphatic carbocycles. The topological polar surface area (TPSA) is 8.17 Å². The molecule has 7 aromatic carbocycles. The molecule has 0 aliphatic heterocycles. The van der Waals surface area contributed by atoms with Crippen LogP contribution in [0.1, 0.15) is 0 Å². The van der Waals surface area contributed by atoms with E-state index >= 15 is 0 Å². The van der Waals surface area contributed by atoms with Gasteiger partial charge in [0.2, 0.25) is 0 Å². The van der Waals surface area contributed by atoms with Crippen molar-refractivity contribution in [1.29, 1.82) is 0 Å². The molecule has 8 rings (SSSR count). The van der Waals surface area contributed by atoms with Crippen LogP contribution in [0.25, 0.3) is 49.4 Å². The summed E-state index contributed by atoms with van der Waals surface area (Å²) < 4.78 is 2.38. The molecule has 0 atom stereocenters. The molecule has 2 nitrogen and oxygen atoms in total. The molecule has 1 heterocycles. The lowest BCUT2D eigenvalue weighted by atomic mass is 10.0. The van der Waals surface area contributed by atoms with Crippen molar-refractivity contribution >= 4 is 49.6 Å². The number of fused-ring (bicyclic) bond motifs is 4. The van der Waals surface area contributed by atoms with Gasteiger partial charge in [-0.05, 0) is 82.6 Å². The molecule has 42 heavy (non-hydrogen) atoms. The number of hydrogen-bond donors (Lipinski definition) is 0. The zero-order valence-corrected chi connectivity index (χ0v) is 23.1. The Kier molecular flexibility index (Phi) is 5.82. The molecule has 0 spiro atoms. The zero-order valence-electron chi connectivity index (χ0n) is 23.1. The lowest BCUT2D eigenvalue weighted by molar-refractivity contribution is 1.17. The van der Waals surface area contributed by atoms with E-state index in [1.807, 2.05) is 0 Å². The molecule has 198 valence electrons. The van der Waals surface area contributed by atoms with Crippen LogP contribution >= 0.6 is 0 Å². The first-order valence-corrected chi connectivity index (χ1v) is 14.4. The molecule has 8 aromatic rings. The number of aromatic nitrogens is 1. The maximum absolute atomic E-state index is 2.38. The molecule has 0 unspecified atom stereocenters. The monoisotopic (exact) mass is 536 g/mol. The predicted octanol–water partition coefficient (Wildman–Crippen LogP) is 11.1. The third kappa shape index (κ3) is 4.13. The highest BCUT2D eigenvalue weighted by Gasteiger charge is 2.16. The first-order valence-electron chi connectivity index (χ1n) is 14.4. The van der Waals surface area contributed by atoms with Gasteiger partial charge in [-0.2, -0.15) is 0 Å². The molecule has 0 saturated heterocycles. The summed E-state index contributed by atoms with van der Waals surface area (Å²) in [5.74, 6) is 0. The van der Waals surface area contributed by atoms with E-state index < -0.39 is 0 Å². The molecular formula is C40H28N2. The van der Waals surface area contributed by atoms with Gasteiger partial charge in [0, 0.05) is 33.5 Å². The molecular weight excluding hydrogens is 508 g/mol. The van der Waals surface area contributed by atoms with Crippen LogP contribution in [0.3, 0.4) is 0 Å². The molecule has 1 aromatic heterocycles. The first kappa shape index (κ1) is 24.2. The van der Waals surface area contributed by atoms with Crippen molar-refractivity contribution in [2.45, 2.75) is 0 Å². The van der Waals surface area contributed by atoms with Gasteiger partial charge in [-0.3, -0.25) is 0 Å². The Balaban J connectivity index is 1.29. The number of anilines is 3. The van der Waals surface area contributed by atoms with Crippen LogP contribution in [0, 0.1) is 0 Å². The van der Waals surface area contributed by atoms with Crippen molar-refractivity contribution in [3.05, 3.63) is 170 Å². The summed E-state index contributed by atoms with van der Waals surface area (Å²) in [6.07, 6.45) is 0. The van der Waals surface area contributed by atoms with Crippen LogP contribution in [-0.4, -0.2) is 4.57 Å². The van der Waals surface area contributed by atoms with Crippen molar-refractivity contribution in [2.24, 2.45) is 0 Å². The smallest absolute Gasteiger partial charge is 0.0541 e. The van der Waals surface area contributed by atoms with E-state index in [0.29, 0.717) is 0 Å². The molecule has 0 bridgehead atoms. The summed E-state index contributed by atoms with van der Waals surface area (Å²) in [6, 6.07) is 60.9. The summed E-state index contributed by atoms with van der Waals surface area (Å²) in [5.41, 5.74) is 9.30. The molecule has 0 radical (unpaired) electrons. The van der Waals surface area contributed by atoms with Crippen molar-refractivity contribution in [1.82, 2.24) is 4.57 Å². The Labute approximate surface area is 245 Å². The van der Waals surface area contributed by atoms with Gasteiger partial charge in [-0.15, -0.1) is 0 Å². The number of rotatable bonds is 5. The van der Waals surface area contributed by atoms with E-state index in [-0.39, 0.29) is 0 Å². The second-order valence-corrected chi connectivity index (χ2v) is 10.7. The fraction of sp³-hybridized carbons (Fsp3) is 0.